The highest BCUT2D eigenvalue weighted by atomic mass is 14.9. The molecule has 0 amide bonds. The first-order valence-electron chi connectivity index (χ1n) is 12.5. The van der Waals surface area contributed by atoms with Crippen LogP contribution in [0.5, 0.6) is 0 Å². The monoisotopic (exact) mass is 452 g/mol. The molecule has 1 N–H and O–H groups in total. The van der Waals surface area contributed by atoms with E-state index in [1.165, 1.54) is 52.8 Å². The lowest BCUT2D eigenvalue weighted by molar-refractivity contribution is 0.874. The van der Waals surface area contributed by atoms with E-state index in [0.717, 1.165) is 30.4 Å². The summed E-state index contributed by atoms with van der Waals surface area (Å²) in [6.07, 6.45) is 23.5. The third kappa shape index (κ3) is 4.51. The van der Waals surface area contributed by atoms with Crippen LogP contribution in [0.2, 0.25) is 0 Å². The summed E-state index contributed by atoms with van der Waals surface area (Å²) < 4.78 is 0. The van der Waals surface area contributed by atoms with Gasteiger partial charge < -0.3 is 5.32 Å². The Morgan fingerprint density at radius 3 is 2.57 bits per heavy atom. The molecule has 3 heterocycles. The molecule has 0 spiro atoms. The lowest BCUT2D eigenvalue weighted by Crippen LogP contribution is -2.11. The van der Waals surface area contributed by atoms with E-state index in [1.54, 1.807) is 17.3 Å². The SMILES string of the molecule is C(#Cc1cccc2c1CCc1c-2ccc2c1CCC=C2)c1cccnc1.C1=CC2=CC=C(CC2)N1. The average molecular weight is 453 g/mol. The fourth-order valence-electron chi connectivity index (χ4n) is 5.36. The maximum atomic E-state index is 4.15. The molecule has 0 saturated heterocycles. The van der Waals surface area contributed by atoms with E-state index in [9.17, 15) is 0 Å². The van der Waals surface area contributed by atoms with Gasteiger partial charge in [0.2, 0.25) is 0 Å². The molecule has 0 radical (unpaired) electrons. The minimum Gasteiger partial charge on any atom is -0.365 e. The normalized spacial score (nSPS) is 16.0. The van der Waals surface area contributed by atoms with Crippen LogP contribution in [-0.4, -0.2) is 4.98 Å². The topological polar surface area (TPSA) is 24.9 Å². The van der Waals surface area contributed by atoms with Gasteiger partial charge in [-0.3, -0.25) is 4.98 Å². The number of nitrogens with zero attached hydrogens (tertiary/aromatic N) is 1. The minimum atomic E-state index is 0.960. The van der Waals surface area contributed by atoms with Crippen molar-refractivity contribution in [1.29, 1.82) is 0 Å². The van der Waals surface area contributed by atoms with Gasteiger partial charge in [-0.1, -0.05) is 54.3 Å². The Labute approximate surface area is 207 Å². The van der Waals surface area contributed by atoms with E-state index in [-0.39, 0.29) is 0 Å². The third-order valence-electron chi connectivity index (χ3n) is 7.17. The highest BCUT2D eigenvalue weighted by Crippen LogP contribution is 2.39. The third-order valence-corrected chi connectivity index (χ3v) is 7.17. The second kappa shape index (κ2) is 9.65. The van der Waals surface area contributed by atoms with E-state index in [0.29, 0.717) is 0 Å². The summed E-state index contributed by atoms with van der Waals surface area (Å²) in [6, 6.07) is 15.1. The molecule has 2 aromatic carbocycles. The lowest BCUT2D eigenvalue weighted by Gasteiger charge is -2.26. The van der Waals surface area contributed by atoms with Crippen molar-refractivity contribution < 1.29 is 0 Å². The summed E-state index contributed by atoms with van der Waals surface area (Å²) in [5.74, 6) is 6.64. The zero-order chi connectivity index (χ0) is 23.5. The molecule has 2 nitrogen and oxygen atoms in total. The average Bonchev–Trinajstić information content (AvgIpc) is 3.30. The Hall–Kier alpha value is -4.09. The van der Waals surface area contributed by atoms with Crippen LogP contribution < -0.4 is 5.32 Å². The first-order valence-corrected chi connectivity index (χ1v) is 12.5. The van der Waals surface area contributed by atoms with Crippen LogP contribution in [0.25, 0.3) is 17.2 Å². The second-order valence-corrected chi connectivity index (χ2v) is 9.34. The summed E-state index contributed by atoms with van der Waals surface area (Å²) >= 11 is 0. The molecule has 170 valence electrons. The molecule has 8 rings (SSSR count). The molecule has 2 aliphatic heterocycles. The predicted octanol–water partition coefficient (Wildman–Crippen LogP) is 6.91. The Balaban J connectivity index is 0.000000212. The fraction of sp³-hybridized carbons (Fsp3) is 0.182. The maximum Gasteiger partial charge on any atom is 0.0432 e. The largest absolute Gasteiger partial charge is 0.365 e. The van der Waals surface area contributed by atoms with Crippen LogP contribution in [0.4, 0.5) is 0 Å². The van der Waals surface area contributed by atoms with Gasteiger partial charge in [0.15, 0.2) is 0 Å². The molecule has 5 aliphatic rings. The van der Waals surface area contributed by atoms with E-state index >= 15 is 0 Å². The van der Waals surface area contributed by atoms with Crippen molar-refractivity contribution in [1.82, 2.24) is 10.3 Å². The van der Waals surface area contributed by atoms with Crippen LogP contribution in [0.3, 0.4) is 0 Å². The second-order valence-electron chi connectivity index (χ2n) is 9.34. The van der Waals surface area contributed by atoms with E-state index in [2.05, 4.69) is 82.9 Å². The summed E-state index contributed by atoms with van der Waals surface area (Å²) in [5, 5.41) is 3.20. The smallest absolute Gasteiger partial charge is 0.0432 e. The first kappa shape index (κ1) is 21.4. The molecule has 2 heteroatoms. The van der Waals surface area contributed by atoms with Crippen molar-refractivity contribution in [2.24, 2.45) is 0 Å². The van der Waals surface area contributed by atoms with Gasteiger partial charge in [0.25, 0.3) is 0 Å². The van der Waals surface area contributed by atoms with Crippen LogP contribution >= 0.6 is 0 Å². The summed E-state index contributed by atoms with van der Waals surface area (Å²) in [6.45, 7) is 0. The summed E-state index contributed by atoms with van der Waals surface area (Å²) in [4.78, 5) is 4.15. The lowest BCUT2D eigenvalue weighted by atomic mass is 9.78. The van der Waals surface area contributed by atoms with Gasteiger partial charge in [0, 0.05) is 35.4 Å². The number of hydrogen-bond donors (Lipinski definition) is 1. The van der Waals surface area contributed by atoms with E-state index in [4.69, 9.17) is 0 Å². The Kier molecular flexibility index (Phi) is 5.91. The molecular weight excluding hydrogens is 424 g/mol. The molecule has 2 bridgehead atoms. The molecule has 0 fully saturated rings. The van der Waals surface area contributed by atoms with Gasteiger partial charge in [0.05, 0.1) is 0 Å². The Morgan fingerprint density at radius 1 is 0.743 bits per heavy atom. The Bertz CT molecular complexity index is 1460. The van der Waals surface area contributed by atoms with Crippen molar-refractivity contribution in [2.75, 3.05) is 0 Å². The maximum absolute atomic E-state index is 4.15. The molecule has 35 heavy (non-hydrogen) atoms. The Morgan fingerprint density at radius 2 is 1.69 bits per heavy atom. The number of fused-ring (bicyclic) bond motifs is 8. The van der Waals surface area contributed by atoms with Crippen molar-refractivity contribution in [2.45, 2.75) is 38.5 Å². The summed E-state index contributed by atoms with van der Waals surface area (Å²) in [5.41, 5.74) is 13.6. The van der Waals surface area contributed by atoms with Crippen molar-refractivity contribution in [3.8, 4) is 23.0 Å². The van der Waals surface area contributed by atoms with Crippen molar-refractivity contribution >= 4 is 6.08 Å². The fourth-order valence-corrected chi connectivity index (χ4v) is 5.36. The zero-order valence-corrected chi connectivity index (χ0v) is 19.9. The van der Waals surface area contributed by atoms with Gasteiger partial charge in [0.1, 0.15) is 0 Å². The van der Waals surface area contributed by atoms with Gasteiger partial charge >= 0.3 is 0 Å². The minimum absolute atomic E-state index is 0.960. The first-order chi connectivity index (χ1) is 17.3. The predicted molar refractivity (Wildman–Crippen MR) is 145 cm³/mol. The number of allylic oxidation sites excluding steroid dienone is 6. The number of rotatable bonds is 0. The molecule has 0 atom stereocenters. The number of hydrogen-bond acceptors (Lipinski definition) is 2. The highest BCUT2D eigenvalue weighted by Gasteiger charge is 2.22. The molecular formula is C33H28N2. The van der Waals surface area contributed by atoms with Gasteiger partial charge in [-0.2, -0.15) is 0 Å². The van der Waals surface area contributed by atoms with E-state index < -0.39 is 0 Å². The highest BCUT2D eigenvalue weighted by molar-refractivity contribution is 5.79. The molecule has 3 aromatic rings. The van der Waals surface area contributed by atoms with Gasteiger partial charge in [-0.05, 0) is 108 Å². The zero-order valence-electron chi connectivity index (χ0n) is 19.9. The van der Waals surface area contributed by atoms with Crippen molar-refractivity contribution in [3.05, 3.63) is 130 Å². The molecule has 3 aliphatic carbocycles. The number of nitrogens with one attached hydrogen (secondary N) is 1. The van der Waals surface area contributed by atoms with Crippen LogP contribution in [0, 0.1) is 11.8 Å². The van der Waals surface area contributed by atoms with Crippen LogP contribution in [0.15, 0.2) is 96.6 Å². The van der Waals surface area contributed by atoms with E-state index in [1.807, 2.05) is 24.5 Å². The van der Waals surface area contributed by atoms with Gasteiger partial charge in [-0.15, -0.1) is 0 Å². The summed E-state index contributed by atoms with van der Waals surface area (Å²) in [7, 11) is 0. The standard InChI is InChI=1S/C25H19N.C8H9N/c1-2-8-21-19(6-1)12-13-25-23-9-3-7-20(22(23)14-15-24(21)25)11-10-18-5-4-16-26-17-18;1-3-8-4-2-7(1)5-6-9-8/h1,3-7,9,12-13,16-17H,2,8,14-15H2;1,3,5-6,9H,2,4H2. The van der Waals surface area contributed by atoms with Crippen molar-refractivity contribution in [3.63, 3.8) is 0 Å². The van der Waals surface area contributed by atoms with Gasteiger partial charge in [-0.25, -0.2) is 0 Å². The number of pyridine rings is 1. The molecule has 1 aromatic heterocycles. The molecule has 0 saturated carbocycles. The van der Waals surface area contributed by atoms with Crippen LogP contribution in [0.1, 0.15) is 52.6 Å². The number of benzene rings is 2. The van der Waals surface area contributed by atoms with Crippen LogP contribution in [-0.2, 0) is 19.3 Å². The molecule has 0 unspecified atom stereocenters. The number of aromatic nitrogens is 1. The quantitative estimate of drug-likeness (QED) is 0.375.